The highest BCUT2D eigenvalue weighted by Crippen LogP contribution is 2.32. The van der Waals surface area contributed by atoms with Gasteiger partial charge in [-0.2, -0.15) is 4.98 Å². The number of hydrogen-bond donors (Lipinski definition) is 1. The molecule has 0 unspecified atom stereocenters. The molecule has 0 saturated heterocycles. The third-order valence-corrected chi connectivity index (χ3v) is 3.55. The van der Waals surface area contributed by atoms with Gasteiger partial charge in [0.05, 0.1) is 5.56 Å². The van der Waals surface area contributed by atoms with E-state index < -0.39 is 0 Å². The first-order chi connectivity index (χ1) is 10.0. The average Bonchev–Trinajstić information content (AvgIpc) is 2.93. The molecule has 21 heavy (non-hydrogen) atoms. The summed E-state index contributed by atoms with van der Waals surface area (Å²) in [6.07, 6.45) is 0. The summed E-state index contributed by atoms with van der Waals surface area (Å²) in [7, 11) is 0. The van der Waals surface area contributed by atoms with Crippen LogP contribution in [0.3, 0.4) is 0 Å². The van der Waals surface area contributed by atoms with Gasteiger partial charge >= 0.3 is 0 Å². The van der Waals surface area contributed by atoms with Gasteiger partial charge < -0.3 is 9.63 Å². The normalized spacial score (nSPS) is 10.8. The van der Waals surface area contributed by atoms with Gasteiger partial charge in [0.2, 0.25) is 5.82 Å². The van der Waals surface area contributed by atoms with Crippen LogP contribution in [0.1, 0.15) is 5.56 Å². The molecule has 2 aromatic carbocycles. The van der Waals surface area contributed by atoms with Gasteiger partial charge in [0.1, 0.15) is 11.6 Å². The Balaban J connectivity index is 2.08. The van der Waals surface area contributed by atoms with E-state index >= 15 is 0 Å². The van der Waals surface area contributed by atoms with Crippen LogP contribution in [0.5, 0.6) is 5.75 Å². The van der Waals surface area contributed by atoms with E-state index in [0.717, 1.165) is 10.0 Å². The third-order valence-electron chi connectivity index (χ3n) is 3.06. The maximum absolute atomic E-state index is 13.3. The smallest absolute Gasteiger partial charge is 0.262 e. The van der Waals surface area contributed by atoms with Gasteiger partial charge in [-0.25, -0.2) is 4.39 Å². The predicted molar refractivity (Wildman–Crippen MR) is 79.2 cm³/mol. The van der Waals surface area contributed by atoms with E-state index in [4.69, 9.17) is 4.52 Å². The van der Waals surface area contributed by atoms with Crippen molar-refractivity contribution in [1.29, 1.82) is 0 Å². The van der Waals surface area contributed by atoms with Crippen LogP contribution in [0.15, 0.2) is 45.4 Å². The van der Waals surface area contributed by atoms with E-state index in [2.05, 4.69) is 26.1 Å². The highest BCUT2D eigenvalue weighted by atomic mass is 79.9. The summed E-state index contributed by atoms with van der Waals surface area (Å²) in [6.45, 7) is 1.83. The minimum absolute atomic E-state index is 0.0318. The molecule has 0 bridgehead atoms. The Hall–Kier alpha value is -2.21. The summed E-state index contributed by atoms with van der Waals surface area (Å²) in [5.41, 5.74) is 1.80. The van der Waals surface area contributed by atoms with E-state index in [1.54, 1.807) is 18.2 Å². The topological polar surface area (TPSA) is 59.2 Å². The molecule has 6 heteroatoms. The number of aromatic nitrogens is 2. The van der Waals surface area contributed by atoms with Crippen molar-refractivity contribution in [3.8, 4) is 28.6 Å². The van der Waals surface area contributed by atoms with Crippen molar-refractivity contribution < 1.29 is 14.0 Å². The summed E-state index contributed by atoms with van der Waals surface area (Å²) >= 11 is 3.32. The van der Waals surface area contributed by atoms with Gasteiger partial charge in [0.25, 0.3) is 5.89 Å². The Morgan fingerprint density at radius 3 is 2.76 bits per heavy atom. The molecule has 4 nitrogen and oxygen atoms in total. The van der Waals surface area contributed by atoms with Gasteiger partial charge in [-0.05, 0) is 42.8 Å². The monoisotopic (exact) mass is 348 g/mol. The number of nitrogens with zero attached hydrogens (tertiary/aromatic N) is 2. The Kier molecular flexibility index (Phi) is 3.47. The molecule has 1 N–H and O–H groups in total. The molecule has 0 atom stereocenters. The standard InChI is InChI=1S/C15H10BrFN2O2/c1-8-2-4-10(17)7-11(8)14-18-15(21-19-14)12-6-9(16)3-5-13(12)20/h2-7,20H,1H3. The second-order valence-corrected chi connectivity index (χ2v) is 5.46. The fraction of sp³-hybridized carbons (Fsp3) is 0.0667. The molecule has 0 spiro atoms. The summed E-state index contributed by atoms with van der Waals surface area (Å²) in [5.74, 6) is 0.116. The zero-order valence-corrected chi connectivity index (χ0v) is 12.6. The van der Waals surface area contributed by atoms with E-state index in [1.165, 1.54) is 18.2 Å². The quantitative estimate of drug-likeness (QED) is 0.749. The Labute approximate surface area is 128 Å². The van der Waals surface area contributed by atoms with Crippen LogP contribution in [-0.2, 0) is 0 Å². The van der Waals surface area contributed by atoms with Gasteiger partial charge in [-0.15, -0.1) is 0 Å². The minimum Gasteiger partial charge on any atom is -0.507 e. The molecule has 1 aromatic heterocycles. The van der Waals surface area contributed by atoms with Crippen LogP contribution < -0.4 is 0 Å². The van der Waals surface area contributed by atoms with Crippen LogP contribution in [-0.4, -0.2) is 15.2 Å². The number of phenolic OH excluding ortho intramolecular Hbond substituents is 1. The first-order valence-corrected chi connectivity index (χ1v) is 6.93. The lowest BCUT2D eigenvalue weighted by molar-refractivity contribution is 0.425. The van der Waals surface area contributed by atoms with Gasteiger partial charge in [-0.1, -0.05) is 27.2 Å². The number of rotatable bonds is 2. The average molecular weight is 349 g/mol. The number of aryl methyl sites for hydroxylation is 1. The van der Waals surface area contributed by atoms with E-state index in [1.807, 2.05) is 6.92 Å². The lowest BCUT2D eigenvalue weighted by Crippen LogP contribution is -1.87. The third kappa shape index (κ3) is 2.67. The largest absolute Gasteiger partial charge is 0.507 e. The molecule has 0 amide bonds. The molecule has 106 valence electrons. The van der Waals surface area contributed by atoms with Gasteiger partial charge in [0, 0.05) is 10.0 Å². The van der Waals surface area contributed by atoms with Crippen molar-refractivity contribution in [2.45, 2.75) is 6.92 Å². The maximum Gasteiger partial charge on any atom is 0.262 e. The minimum atomic E-state index is -0.368. The molecule has 0 aliphatic heterocycles. The number of halogens is 2. The number of phenols is 1. The molecular weight excluding hydrogens is 339 g/mol. The van der Waals surface area contributed by atoms with Gasteiger partial charge in [0.15, 0.2) is 0 Å². The molecule has 0 aliphatic rings. The maximum atomic E-state index is 13.3. The highest BCUT2D eigenvalue weighted by molar-refractivity contribution is 9.10. The summed E-state index contributed by atoms with van der Waals surface area (Å²) in [6, 6.07) is 9.27. The second-order valence-electron chi connectivity index (χ2n) is 4.54. The number of aromatic hydroxyl groups is 1. The van der Waals surface area contributed by atoms with Crippen molar-refractivity contribution in [3.05, 3.63) is 52.3 Å². The second kappa shape index (κ2) is 5.29. The lowest BCUT2D eigenvalue weighted by atomic mass is 10.1. The van der Waals surface area contributed by atoms with E-state index in [-0.39, 0.29) is 23.3 Å². The van der Waals surface area contributed by atoms with Crippen LogP contribution in [0, 0.1) is 12.7 Å². The Morgan fingerprint density at radius 1 is 1.14 bits per heavy atom. The molecule has 0 fully saturated rings. The van der Waals surface area contributed by atoms with Crippen LogP contribution in [0.4, 0.5) is 4.39 Å². The van der Waals surface area contributed by atoms with Crippen molar-refractivity contribution in [1.82, 2.24) is 10.1 Å². The SMILES string of the molecule is Cc1ccc(F)cc1-c1noc(-c2cc(Br)ccc2O)n1. The molecule has 0 aliphatic carbocycles. The van der Waals surface area contributed by atoms with Crippen LogP contribution >= 0.6 is 15.9 Å². The fourth-order valence-electron chi connectivity index (χ4n) is 1.96. The van der Waals surface area contributed by atoms with Crippen molar-refractivity contribution in [2.24, 2.45) is 0 Å². The summed E-state index contributed by atoms with van der Waals surface area (Å²) < 4.78 is 19.3. The zero-order chi connectivity index (χ0) is 15.0. The molecular formula is C15H10BrFN2O2. The fourth-order valence-corrected chi connectivity index (χ4v) is 2.32. The lowest BCUT2D eigenvalue weighted by Gasteiger charge is -2.00. The van der Waals surface area contributed by atoms with Crippen LogP contribution in [0.25, 0.3) is 22.8 Å². The van der Waals surface area contributed by atoms with Crippen LogP contribution in [0.2, 0.25) is 0 Å². The first kappa shape index (κ1) is 13.8. The predicted octanol–water partition coefficient (Wildman–Crippen LogP) is 4.32. The molecule has 3 aromatic rings. The zero-order valence-electron chi connectivity index (χ0n) is 11.0. The van der Waals surface area contributed by atoms with E-state index in [0.29, 0.717) is 11.1 Å². The van der Waals surface area contributed by atoms with Crippen molar-refractivity contribution in [3.63, 3.8) is 0 Å². The highest BCUT2D eigenvalue weighted by Gasteiger charge is 2.16. The molecule has 1 heterocycles. The molecule has 0 radical (unpaired) electrons. The number of hydrogen-bond acceptors (Lipinski definition) is 4. The van der Waals surface area contributed by atoms with Crippen molar-refractivity contribution in [2.75, 3.05) is 0 Å². The summed E-state index contributed by atoms with van der Waals surface area (Å²) in [4.78, 5) is 4.23. The number of benzene rings is 2. The first-order valence-electron chi connectivity index (χ1n) is 6.14. The van der Waals surface area contributed by atoms with E-state index in [9.17, 15) is 9.50 Å². The summed E-state index contributed by atoms with van der Waals surface area (Å²) in [5, 5.41) is 13.7. The molecule has 0 saturated carbocycles. The Bertz CT molecular complexity index is 751. The molecule has 3 rings (SSSR count). The Morgan fingerprint density at radius 2 is 1.95 bits per heavy atom. The van der Waals surface area contributed by atoms with Crippen molar-refractivity contribution >= 4 is 15.9 Å². The van der Waals surface area contributed by atoms with Gasteiger partial charge in [-0.3, -0.25) is 0 Å².